The van der Waals surface area contributed by atoms with Gasteiger partial charge in [-0.15, -0.1) is 0 Å². The largest absolute Gasteiger partial charge is 0.463 e. The normalized spacial score (nSPS) is 10.5. The Morgan fingerprint density at radius 3 is 2.71 bits per heavy atom. The Kier molecular flexibility index (Phi) is 5.69. The van der Waals surface area contributed by atoms with E-state index in [-0.39, 0.29) is 5.76 Å². The molecule has 17 heavy (non-hydrogen) atoms. The van der Waals surface area contributed by atoms with E-state index in [1.807, 2.05) is 13.8 Å². The first-order valence-corrected chi connectivity index (χ1v) is 5.87. The summed E-state index contributed by atoms with van der Waals surface area (Å²) in [6.07, 6.45) is 2.19. The highest BCUT2D eigenvalue weighted by Crippen LogP contribution is 2.15. The van der Waals surface area contributed by atoms with Crippen LogP contribution in [-0.2, 0) is 22.3 Å². The summed E-state index contributed by atoms with van der Waals surface area (Å²) in [5.74, 6) is 0.284. The molecule has 1 rings (SSSR count). The Morgan fingerprint density at radius 2 is 2.12 bits per heavy atom. The SMILES string of the molecule is CCCc1nc(CCOCC)oc1C(=O)OC. The number of oxazole rings is 1. The van der Waals surface area contributed by atoms with Crippen molar-refractivity contribution in [3.8, 4) is 0 Å². The Labute approximate surface area is 101 Å². The molecule has 0 saturated heterocycles. The third-order valence-electron chi connectivity index (χ3n) is 2.26. The maximum Gasteiger partial charge on any atom is 0.375 e. The summed E-state index contributed by atoms with van der Waals surface area (Å²) in [5.41, 5.74) is 0.672. The van der Waals surface area contributed by atoms with Gasteiger partial charge in [0, 0.05) is 13.0 Å². The standard InChI is InChI=1S/C12H19NO4/c1-4-6-9-11(12(14)15-3)17-10(13-9)7-8-16-5-2/h4-8H2,1-3H3. The minimum atomic E-state index is -0.469. The van der Waals surface area contributed by atoms with Gasteiger partial charge in [0.2, 0.25) is 5.76 Å². The predicted molar refractivity (Wildman–Crippen MR) is 62.0 cm³/mol. The lowest BCUT2D eigenvalue weighted by Gasteiger charge is -1.96. The second-order valence-electron chi connectivity index (χ2n) is 3.57. The average molecular weight is 241 g/mol. The van der Waals surface area contributed by atoms with Crippen LogP contribution in [0.4, 0.5) is 0 Å². The van der Waals surface area contributed by atoms with E-state index < -0.39 is 5.97 Å². The van der Waals surface area contributed by atoms with Gasteiger partial charge in [-0.25, -0.2) is 9.78 Å². The number of nitrogens with zero attached hydrogens (tertiary/aromatic N) is 1. The van der Waals surface area contributed by atoms with Gasteiger partial charge in [0.1, 0.15) is 0 Å². The number of carbonyl (C=O) groups is 1. The first kappa shape index (κ1) is 13.7. The highest BCUT2D eigenvalue weighted by Gasteiger charge is 2.19. The summed E-state index contributed by atoms with van der Waals surface area (Å²) < 4.78 is 15.3. The van der Waals surface area contributed by atoms with Crippen LogP contribution in [0.5, 0.6) is 0 Å². The summed E-state index contributed by atoms with van der Waals surface area (Å²) in [6.45, 7) is 5.16. The van der Waals surface area contributed by atoms with Gasteiger partial charge < -0.3 is 13.9 Å². The number of aryl methyl sites for hydroxylation is 1. The van der Waals surface area contributed by atoms with Crippen LogP contribution in [0.1, 0.15) is 42.4 Å². The predicted octanol–water partition coefficient (Wildman–Crippen LogP) is 1.99. The molecule has 0 unspecified atom stereocenters. The fourth-order valence-electron chi connectivity index (χ4n) is 1.47. The van der Waals surface area contributed by atoms with Crippen LogP contribution < -0.4 is 0 Å². The van der Waals surface area contributed by atoms with Gasteiger partial charge in [0.05, 0.1) is 19.4 Å². The van der Waals surface area contributed by atoms with Crippen molar-refractivity contribution in [1.29, 1.82) is 0 Å². The summed E-state index contributed by atoms with van der Waals surface area (Å²) in [6, 6.07) is 0. The molecular weight excluding hydrogens is 222 g/mol. The number of hydrogen-bond donors (Lipinski definition) is 0. The number of aromatic nitrogens is 1. The number of carbonyl (C=O) groups excluding carboxylic acids is 1. The number of rotatable bonds is 7. The third-order valence-corrected chi connectivity index (χ3v) is 2.26. The molecule has 5 nitrogen and oxygen atoms in total. The van der Waals surface area contributed by atoms with Crippen LogP contribution in [-0.4, -0.2) is 31.3 Å². The van der Waals surface area contributed by atoms with Crippen molar-refractivity contribution in [3.05, 3.63) is 17.3 Å². The van der Waals surface area contributed by atoms with E-state index in [0.717, 1.165) is 6.42 Å². The van der Waals surface area contributed by atoms with Crippen molar-refractivity contribution in [3.63, 3.8) is 0 Å². The van der Waals surface area contributed by atoms with Crippen molar-refractivity contribution < 1.29 is 18.7 Å². The van der Waals surface area contributed by atoms with E-state index in [9.17, 15) is 4.79 Å². The van der Waals surface area contributed by atoms with E-state index in [4.69, 9.17) is 9.15 Å². The van der Waals surface area contributed by atoms with Crippen LogP contribution >= 0.6 is 0 Å². The maximum atomic E-state index is 11.5. The second kappa shape index (κ2) is 7.06. The first-order chi connectivity index (χ1) is 8.22. The molecule has 0 bridgehead atoms. The molecule has 0 aliphatic rings. The van der Waals surface area contributed by atoms with Crippen molar-refractivity contribution in [2.75, 3.05) is 20.3 Å². The van der Waals surface area contributed by atoms with Crippen LogP contribution in [0.15, 0.2) is 4.42 Å². The van der Waals surface area contributed by atoms with E-state index >= 15 is 0 Å². The van der Waals surface area contributed by atoms with Crippen LogP contribution in [0.25, 0.3) is 0 Å². The Morgan fingerprint density at radius 1 is 1.35 bits per heavy atom. The van der Waals surface area contributed by atoms with Gasteiger partial charge in [0.25, 0.3) is 0 Å². The summed E-state index contributed by atoms with van der Waals surface area (Å²) >= 11 is 0. The highest BCUT2D eigenvalue weighted by atomic mass is 16.5. The van der Waals surface area contributed by atoms with Gasteiger partial charge in [-0.1, -0.05) is 13.3 Å². The molecule has 0 atom stereocenters. The zero-order chi connectivity index (χ0) is 12.7. The quantitative estimate of drug-likeness (QED) is 0.539. The molecule has 96 valence electrons. The molecule has 0 saturated carbocycles. The lowest BCUT2D eigenvalue weighted by Crippen LogP contribution is -2.03. The topological polar surface area (TPSA) is 61.6 Å². The van der Waals surface area contributed by atoms with Crippen molar-refractivity contribution in [2.45, 2.75) is 33.1 Å². The Bertz CT molecular complexity index is 359. The monoisotopic (exact) mass is 241 g/mol. The average Bonchev–Trinajstić information content (AvgIpc) is 2.72. The molecule has 0 aliphatic heterocycles. The number of esters is 1. The minimum absolute atomic E-state index is 0.223. The highest BCUT2D eigenvalue weighted by molar-refractivity contribution is 5.87. The van der Waals surface area contributed by atoms with Crippen molar-refractivity contribution >= 4 is 5.97 Å². The first-order valence-electron chi connectivity index (χ1n) is 5.87. The smallest absolute Gasteiger partial charge is 0.375 e. The molecular formula is C12H19NO4. The van der Waals surface area contributed by atoms with Gasteiger partial charge >= 0.3 is 5.97 Å². The molecule has 0 fully saturated rings. The summed E-state index contributed by atoms with van der Waals surface area (Å²) in [4.78, 5) is 15.8. The van der Waals surface area contributed by atoms with E-state index in [2.05, 4.69) is 9.72 Å². The molecule has 5 heteroatoms. The fourth-order valence-corrected chi connectivity index (χ4v) is 1.47. The molecule has 0 spiro atoms. The molecule has 0 radical (unpaired) electrons. The molecule has 0 amide bonds. The van der Waals surface area contributed by atoms with Crippen molar-refractivity contribution in [2.24, 2.45) is 0 Å². The Hall–Kier alpha value is -1.36. The van der Waals surface area contributed by atoms with E-state index in [1.54, 1.807) is 0 Å². The number of hydrogen-bond acceptors (Lipinski definition) is 5. The number of ether oxygens (including phenoxy) is 2. The molecule has 0 aliphatic carbocycles. The zero-order valence-electron chi connectivity index (χ0n) is 10.6. The molecule has 0 aromatic carbocycles. The van der Waals surface area contributed by atoms with E-state index in [0.29, 0.717) is 37.6 Å². The molecule has 1 aromatic rings. The second-order valence-corrected chi connectivity index (χ2v) is 3.57. The lowest BCUT2D eigenvalue weighted by atomic mass is 10.2. The maximum absolute atomic E-state index is 11.5. The Balaban J connectivity index is 2.76. The molecule has 1 aromatic heterocycles. The summed E-state index contributed by atoms with van der Waals surface area (Å²) in [7, 11) is 1.33. The lowest BCUT2D eigenvalue weighted by molar-refractivity contribution is 0.0559. The van der Waals surface area contributed by atoms with Crippen LogP contribution in [0.2, 0.25) is 0 Å². The van der Waals surface area contributed by atoms with Crippen LogP contribution in [0.3, 0.4) is 0 Å². The fraction of sp³-hybridized carbons (Fsp3) is 0.667. The minimum Gasteiger partial charge on any atom is -0.463 e. The van der Waals surface area contributed by atoms with Gasteiger partial charge in [0.15, 0.2) is 5.89 Å². The van der Waals surface area contributed by atoms with Crippen molar-refractivity contribution in [1.82, 2.24) is 4.98 Å². The molecule has 1 heterocycles. The van der Waals surface area contributed by atoms with E-state index in [1.165, 1.54) is 7.11 Å². The van der Waals surface area contributed by atoms with Gasteiger partial charge in [-0.05, 0) is 13.3 Å². The molecule has 0 N–H and O–H groups in total. The zero-order valence-corrected chi connectivity index (χ0v) is 10.6. The van der Waals surface area contributed by atoms with Gasteiger partial charge in [-0.2, -0.15) is 0 Å². The third kappa shape index (κ3) is 3.85. The summed E-state index contributed by atoms with van der Waals surface area (Å²) in [5, 5.41) is 0. The van der Waals surface area contributed by atoms with Gasteiger partial charge in [-0.3, -0.25) is 0 Å². The number of methoxy groups -OCH3 is 1. The van der Waals surface area contributed by atoms with Crippen LogP contribution in [0, 0.1) is 0 Å².